The normalized spacial score (nSPS) is 15.9. The van der Waals surface area contributed by atoms with Gasteiger partial charge in [0.2, 0.25) is 0 Å². The number of amides is 4. The number of halogens is 3. The molecule has 0 saturated carbocycles. The monoisotopic (exact) mass is 314 g/mol. The summed E-state index contributed by atoms with van der Waals surface area (Å²) in [7, 11) is 0. The molecule has 5 nitrogen and oxygen atoms in total. The molecule has 1 aromatic carbocycles. The zero-order valence-corrected chi connectivity index (χ0v) is 11.7. The van der Waals surface area contributed by atoms with Crippen LogP contribution >= 0.6 is 0 Å². The Morgan fingerprint density at radius 2 is 1.68 bits per heavy atom. The van der Waals surface area contributed by atoms with Gasteiger partial charge in [-0.25, -0.2) is 9.69 Å². The topological polar surface area (TPSA) is 57.7 Å². The van der Waals surface area contributed by atoms with Gasteiger partial charge in [-0.15, -0.1) is 0 Å². The zero-order chi connectivity index (χ0) is 16.5. The van der Waals surface area contributed by atoms with Crippen LogP contribution in [0, 0.1) is 0 Å². The van der Waals surface area contributed by atoms with Crippen molar-refractivity contribution in [3.8, 4) is 0 Å². The van der Waals surface area contributed by atoms with Crippen LogP contribution in [0.2, 0.25) is 0 Å². The van der Waals surface area contributed by atoms with Crippen molar-refractivity contribution < 1.29 is 27.6 Å². The summed E-state index contributed by atoms with van der Waals surface area (Å²) in [5.74, 6) is -2.37. The smallest absolute Gasteiger partial charge is 0.263 e. The lowest BCUT2D eigenvalue weighted by Gasteiger charge is -2.19. The second-order valence-corrected chi connectivity index (χ2v) is 4.75. The average Bonchev–Trinajstić information content (AvgIpc) is 2.67. The molecule has 0 spiro atoms. The summed E-state index contributed by atoms with van der Waals surface area (Å²) in [5.41, 5.74) is -1.76. The van der Waals surface area contributed by atoms with Gasteiger partial charge in [-0.2, -0.15) is 13.2 Å². The van der Waals surface area contributed by atoms with Gasteiger partial charge < -0.3 is 0 Å². The Morgan fingerprint density at radius 1 is 1.05 bits per heavy atom. The molecule has 0 N–H and O–H groups in total. The summed E-state index contributed by atoms with van der Waals surface area (Å²) < 4.78 is 39.0. The van der Waals surface area contributed by atoms with E-state index in [9.17, 15) is 27.6 Å². The molecule has 118 valence electrons. The number of rotatable bonds is 4. The fraction of sp³-hybridized carbons (Fsp3) is 0.357. The summed E-state index contributed by atoms with van der Waals surface area (Å²) in [4.78, 5) is 36.8. The molecule has 1 heterocycles. The highest BCUT2D eigenvalue weighted by molar-refractivity contribution is 6.52. The Labute approximate surface area is 124 Å². The summed E-state index contributed by atoms with van der Waals surface area (Å²) in [6.45, 7) is 1.83. The van der Waals surface area contributed by atoms with Gasteiger partial charge in [0.15, 0.2) is 0 Å². The van der Waals surface area contributed by atoms with E-state index in [2.05, 4.69) is 0 Å². The van der Waals surface area contributed by atoms with Crippen LogP contribution in [0.25, 0.3) is 0 Å². The van der Waals surface area contributed by atoms with Gasteiger partial charge in [-0.1, -0.05) is 25.5 Å². The lowest BCUT2D eigenvalue weighted by molar-refractivity contribution is -0.140. The van der Waals surface area contributed by atoms with Gasteiger partial charge in [-0.05, 0) is 18.6 Å². The SMILES string of the molecule is CCCCN1C(=O)C(=O)N(c2ccccc2C(F)(F)F)C1=O. The number of hydrogen-bond acceptors (Lipinski definition) is 3. The van der Waals surface area contributed by atoms with E-state index in [4.69, 9.17) is 0 Å². The van der Waals surface area contributed by atoms with Gasteiger partial charge in [0.05, 0.1) is 11.3 Å². The zero-order valence-electron chi connectivity index (χ0n) is 11.7. The third-order valence-electron chi connectivity index (χ3n) is 3.24. The van der Waals surface area contributed by atoms with Crippen LogP contribution in [0.5, 0.6) is 0 Å². The Hall–Kier alpha value is -2.38. The van der Waals surface area contributed by atoms with Crippen LogP contribution in [0.4, 0.5) is 23.7 Å². The summed E-state index contributed by atoms with van der Waals surface area (Å²) in [6, 6.07) is 3.13. The highest BCUT2D eigenvalue weighted by atomic mass is 19.4. The molecule has 0 atom stereocenters. The van der Waals surface area contributed by atoms with Crippen LogP contribution in [0.15, 0.2) is 24.3 Å². The first-order valence-electron chi connectivity index (χ1n) is 6.65. The molecule has 1 fully saturated rings. The minimum Gasteiger partial charge on any atom is -0.263 e. The lowest BCUT2D eigenvalue weighted by atomic mass is 10.1. The number of urea groups is 1. The summed E-state index contributed by atoms with van der Waals surface area (Å²) in [6.07, 6.45) is -3.60. The number of para-hydroxylation sites is 1. The minimum atomic E-state index is -4.74. The van der Waals surface area contributed by atoms with Crippen molar-refractivity contribution in [2.24, 2.45) is 0 Å². The van der Waals surface area contributed by atoms with E-state index in [1.54, 1.807) is 0 Å². The summed E-state index contributed by atoms with van der Waals surface area (Å²) in [5, 5.41) is 0. The number of imide groups is 2. The van der Waals surface area contributed by atoms with Crippen LogP contribution in [0.3, 0.4) is 0 Å². The first-order valence-corrected chi connectivity index (χ1v) is 6.65. The fourth-order valence-corrected chi connectivity index (χ4v) is 2.14. The molecule has 0 aromatic heterocycles. The number of alkyl halides is 3. The Kier molecular flexibility index (Phi) is 4.20. The molecule has 22 heavy (non-hydrogen) atoms. The molecule has 0 unspecified atom stereocenters. The third kappa shape index (κ3) is 2.68. The number of benzene rings is 1. The number of hydrogen-bond donors (Lipinski definition) is 0. The van der Waals surface area contributed by atoms with Gasteiger partial charge in [-0.3, -0.25) is 14.5 Å². The first-order chi connectivity index (χ1) is 10.3. The van der Waals surface area contributed by atoms with Crippen LogP contribution in [-0.2, 0) is 15.8 Å². The predicted octanol–water partition coefficient (Wildman–Crippen LogP) is 2.80. The molecule has 2 rings (SSSR count). The van der Waals surface area contributed by atoms with E-state index in [0.717, 1.165) is 18.2 Å². The molecule has 1 saturated heterocycles. The average molecular weight is 314 g/mol. The number of carbonyl (C=O) groups is 3. The molecule has 8 heteroatoms. The molecule has 0 radical (unpaired) electrons. The molecule has 1 aromatic rings. The highest BCUT2D eigenvalue weighted by Gasteiger charge is 2.47. The first kappa shape index (κ1) is 16.0. The van der Waals surface area contributed by atoms with Gasteiger partial charge >= 0.3 is 24.0 Å². The molecule has 1 aliphatic heterocycles. The maximum atomic E-state index is 13.0. The molecular weight excluding hydrogens is 301 g/mol. The van der Waals surface area contributed by atoms with Crippen LogP contribution in [0.1, 0.15) is 25.3 Å². The number of carbonyl (C=O) groups excluding carboxylic acids is 3. The second kappa shape index (κ2) is 5.78. The van der Waals surface area contributed by atoms with Crippen molar-refractivity contribution >= 4 is 23.5 Å². The minimum absolute atomic E-state index is 0.00455. The quantitative estimate of drug-likeness (QED) is 0.634. The van der Waals surface area contributed by atoms with E-state index in [1.165, 1.54) is 6.07 Å². The second-order valence-electron chi connectivity index (χ2n) is 4.75. The number of anilines is 1. The van der Waals surface area contributed by atoms with E-state index in [0.29, 0.717) is 22.6 Å². The van der Waals surface area contributed by atoms with Crippen molar-refractivity contribution in [2.75, 3.05) is 11.4 Å². The van der Waals surface area contributed by atoms with Crippen molar-refractivity contribution in [1.29, 1.82) is 0 Å². The molecule has 1 aliphatic rings. The van der Waals surface area contributed by atoms with Crippen molar-refractivity contribution in [2.45, 2.75) is 25.9 Å². The van der Waals surface area contributed by atoms with E-state index >= 15 is 0 Å². The van der Waals surface area contributed by atoms with E-state index in [1.807, 2.05) is 6.92 Å². The number of nitrogens with zero attached hydrogens (tertiary/aromatic N) is 2. The van der Waals surface area contributed by atoms with E-state index < -0.39 is 35.3 Å². The maximum absolute atomic E-state index is 13.0. The van der Waals surface area contributed by atoms with Gasteiger partial charge in [0, 0.05) is 6.54 Å². The van der Waals surface area contributed by atoms with Crippen molar-refractivity contribution in [3.63, 3.8) is 0 Å². The number of unbranched alkanes of at least 4 members (excludes halogenated alkanes) is 1. The van der Waals surface area contributed by atoms with E-state index in [-0.39, 0.29) is 6.54 Å². The Bertz CT molecular complexity index is 628. The van der Waals surface area contributed by atoms with Crippen LogP contribution < -0.4 is 4.90 Å². The summed E-state index contributed by atoms with van der Waals surface area (Å²) >= 11 is 0. The maximum Gasteiger partial charge on any atom is 0.418 e. The third-order valence-corrected chi connectivity index (χ3v) is 3.24. The highest BCUT2D eigenvalue weighted by Crippen LogP contribution is 2.37. The molecule has 4 amide bonds. The van der Waals surface area contributed by atoms with Crippen molar-refractivity contribution in [3.05, 3.63) is 29.8 Å². The molecule has 0 aliphatic carbocycles. The molecular formula is C14H13F3N2O3. The Balaban J connectivity index is 2.44. The fourth-order valence-electron chi connectivity index (χ4n) is 2.14. The van der Waals surface area contributed by atoms with Crippen LogP contribution in [-0.4, -0.2) is 29.3 Å². The van der Waals surface area contributed by atoms with Crippen molar-refractivity contribution in [1.82, 2.24) is 4.90 Å². The lowest BCUT2D eigenvalue weighted by Crippen LogP contribution is -2.35. The van der Waals surface area contributed by atoms with Gasteiger partial charge in [0.1, 0.15) is 0 Å². The molecule has 0 bridgehead atoms. The van der Waals surface area contributed by atoms with Gasteiger partial charge in [0.25, 0.3) is 0 Å². The standard InChI is InChI=1S/C14H13F3N2O3/c1-2-3-8-18-11(20)12(21)19(13(18)22)10-7-5-4-6-9(10)14(15,16)17/h4-7H,2-3,8H2,1H3. The predicted molar refractivity (Wildman–Crippen MR) is 70.9 cm³/mol. The largest absolute Gasteiger partial charge is 0.418 e. The Morgan fingerprint density at radius 3 is 2.27 bits per heavy atom.